The molecule has 1 saturated heterocycles. The first-order valence-electron chi connectivity index (χ1n) is 16.6. The molecular formula is C37H47N7O5. The SMILES string of the molecule is COc1cc(Nc2nccc(N(CCc3cccnc3)C(=O)Oc3c(C)cc(C)cc3C)n2)cc(OC)c1OCCCN1CCN(C)CC1. The highest BCUT2D eigenvalue weighted by atomic mass is 16.6. The van der Waals surface area contributed by atoms with Gasteiger partial charge in [-0.3, -0.25) is 9.88 Å². The minimum Gasteiger partial charge on any atom is -0.493 e. The van der Waals surface area contributed by atoms with E-state index in [1.165, 1.54) is 4.90 Å². The number of piperazine rings is 1. The van der Waals surface area contributed by atoms with Gasteiger partial charge in [0, 0.05) is 75.7 Å². The number of benzene rings is 2. The normalized spacial score (nSPS) is 13.5. The summed E-state index contributed by atoms with van der Waals surface area (Å²) in [6.45, 7) is 12.0. The molecule has 1 N–H and O–H groups in total. The number of carbonyl (C=O) groups is 1. The molecule has 0 atom stereocenters. The summed E-state index contributed by atoms with van der Waals surface area (Å²) in [5.74, 6) is 2.77. The molecule has 2 aromatic heterocycles. The summed E-state index contributed by atoms with van der Waals surface area (Å²) in [5, 5.41) is 3.24. The van der Waals surface area contributed by atoms with Crippen LogP contribution in [0.1, 0.15) is 28.7 Å². The highest BCUT2D eigenvalue weighted by molar-refractivity contribution is 5.88. The molecule has 0 unspecified atom stereocenters. The van der Waals surface area contributed by atoms with Crippen LogP contribution in [0.3, 0.4) is 0 Å². The number of anilines is 3. The lowest BCUT2D eigenvalue weighted by molar-refractivity contribution is 0.144. The Hall–Kier alpha value is -4.94. The van der Waals surface area contributed by atoms with Gasteiger partial charge in [-0.15, -0.1) is 0 Å². The summed E-state index contributed by atoms with van der Waals surface area (Å²) >= 11 is 0. The third-order valence-electron chi connectivity index (χ3n) is 8.46. The third-order valence-corrected chi connectivity index (χ3v) is 8.46. The molecule has 0 aliphatic carbocycles. The Morgan fingerprint density at radius 1 is 0.939 bits per heavy atom. The van der Waals surface area contributed by atoms with Crippen molar-refractivity contribution in [2.75, 3.05) is 77.4 Å². The maximum Gasteiger partial charge on any atom is 0.420 e. The molecule has 5 rings (SSSR count). The highest BCUT2D eigenvalue weighted by Crippen LogP contribution is 2.41. The van der Waals surface area contributed by atoms with E-state index in [9.17, 15) is 4.79 Å². The van der Waals surface area contributed by atoms with Crippen molar-refractivity contribution in [1.82, 2.24) is 24.8 Å². The number of aryl methyl sites for hydroxylation is 3. The quantitative estimate of drug-likeness (QED) is 0.164. The molecule has 2 aromatic carbocycles. The second-order valence-electron chi connectivity index (χ2n) is 12.3. The summed E-state index contributed by atoms with van der Waals surface area (Å²) < 4.78 is 23.6. The van der Waals surface area contributed by atoms with Crippen LogP contribution in [0, 0.1) is 20.8 Å². The Labute approximate surface area is 289 Å². The number of aromatic nitrogens is 3. The maximum absolute atomic E-state index is 13.8. The van der Waals surface area contributed by atoms with E-state index in [1.807, 2.05) is 57.2 Å². The van der Waals surface area contributed by atoms with Gasteiger partial charge in [-0.25, -0.2) is 9.78 Å². The number of carbonyl (C=O) groups excluding carboxylic acids is 1. The lowest BCUT2D eigenvalue weighted by atomic mass is 10.1. The summed E-state index contributed by atoms with van der Waals surface area (Å²) in [6, 6.07) is 13.1. The number of hydrogen-bond donors (Lipinski definition) is 1. The molecule has 0 spiro atoms. The van der Waals surface area contributed by atoms with Crippen LogP contribution in [-0.4, -0.2) is 98.0 Å². The monoisotopic (exact) mass is 669 g/mol. The van der Waals surface area contributed by atoms with Crippen molar-refractivity contribution in [3.63, 3.8) is 0 Å². The Bertz CT molecular complexity index is 1650. The first-order valence-corrected chi connectivity index (χ1v) is 16.6. The molecule has 1 aliphatic rings. The zero-order valence-electron chi connectivity index (χ0n) is 29.4. The van der Waals surface area contributed by atoms with Crippen molar-refractivity contribution >= 4 is 23.5 Å². The van der Waals surface area contributed by atoms with Crippen LogP contribution in [0.4, 0.5) is 22.2 Å². The summed E-state index contributed by atoms with van der Waals surface area (Å²) in [5.41, 5.74) is 4.48. The Morgan fingerprint density at radius 3 is 2.31 bits per heavy atom. The van der Waals surface area contributed by atoms with Gasteiger partial charge in [0.15, 0.2) is 11.5 Å². The zero-order chi connectivity index (χ0) is 34.8. The topological polar surface area (TPSA) is 114 Å². The van der Waals surface area contributed by atoms with E-state index in [4.69, 9.17) is 23.9 Å². The molecule has 260 valence electrons. The number of ether oxygens (including phenoxy) is 4. The van der Waals surface area contributed by atoms with Crippen LogP contribution in [0.15, 0.2) is 61.1 Å². The fraction of sp³-hybridized carbons (Fsp3) is 0.405. The fourth-order valence-electron chi connectivity index (χ4n) is 5.87. The molecular weight excluding hydrogens is 622 g/mol. The average Bonchev–Trinajstić information content (AvgIpc) is 3.10. The van der Waals surface area contributed by atoms with E-state index < -0.39 is 6.09 Å². The highest BCUT2D eigenvalue weighted by Gasteiger charge is 2.23. The van der Waals surface area contributed by atoms with Crippen LogP contribution in [0.25, 0.3) is 0 Å². The average molecular weight is 670 g/mol. The first-order chi connectivity index (χ1) is 23.7. The minimum absolute atomic E-state index is 0.282. The Balaban J connectivity index is 1.32. The molecule has 1 fully saturated rings. The summed E-state index contributed by atoms with van der Waals surface area (Å²) in [4.78, 5) is 33.4. The van der Waals surface area contributed by atoms with Crippen molar-refractivity contribution in [3.05, 3.63) is 83.3 Å². The predicted octanol–water partition coefficient (Wildman–Crippen LogP) is 5.82. The second-order valence-corrected chi connectivity index (χ2v) is 12.3. The number of pyridine rings is 1. The van der Waals surface area contributed by atoms with Crippen LogP contribution >= 0.6 is 0 Å². The molecule has 49 heavy (non-hydrogen) atoms. The number of methoxy groups -OCH3 is 2. The molecule has 3 heterocycles. The van der Waals surface area contributed by atoms with Crippen LogP contribution in [0.5, 0.6) is 23.0 Å². The number of amides is 1. The fourth-order valence-corrected chi connectivity index (χ4v) is 5.87. The lowest BCUT2D eigenvalue weighted by Gasteiger charge is -2.32. The number of nitrogens with zero attached hydrogens (tertiary/aromatic N) is 6. The Kier molecular flexibility index (Phi) is 12.2. The molecule has 0 radical (unpaired) electrons. The standard InChI is InChI=1S/C37H47N7O5/c1-26-21-27(2)34(28(3)22-26)49-37(45)44(15-11-29-9-7-12-38-25-29)33-10-13-39-36(41-33)40-30-23-31(46-5)35(32(24-30)47-6)48-20-8-14-43-18-16-42(4)17-19-43/h7,9-10,12-13,21-25H,8,11,14-20H2,1-6H3,(H,39,40,41). The van der Waals surface area contributed by atoms with Gasteiger partial charge in [0.25, 0.3) is 0 Å². The van der Waals surface area contributed by atoms with Gasteiger partial charge in [0.1, 0.15) is 11.6 Å². The molecule has 4 aromatic rings. The van der Waals surface area contributed by atoms with E-state index in [0.29, 0.717) is 54.1 Å². The van der Waals surface area contributed by atoms with E-state index in [-0.39, 0.29) is 5.95 Å². The predicted molar refractivity (Wildman–Crippen MR) is 191 cm³/mol. The van der Waals surface area contributed by atoms with Crippen molar-refractivity contribution in [3.8, 4) is 23.0 Å². The van der Waals surface area contributed by atoms with E-state index in [0.717, 1.165) is 61.4 Å². The van der Waals surface area contributed by atoms with Crippen molar-refractivity contribution in [1.29, 1.82) is 0 Å². The maximum atomic E-state index is 13.8. The molecule has 0 saturated carbocycles. The molecule has 1 aliphatic heterocycles. The molecule has 12 nitrogen and oxygen atoms in total. The van der Waals surface area contributed by atoms with Gasteiger partial charge >= 0.3 is 6.09 Å². The van der Waals surface area contributed by atoms with Crippen LogP contribution in [0.2, 0.25) is 0 Å². The van der Waals surface area contributed by atoms with E-state index in [1.54, 1.807) is 38.9 Å². The van der Waals surface area contributed by atoms with Gasteiger partial charge in [0.2, 0.25) is 11.7 Å². The lowest BCUT2D eigenvalue weighted by Crippen LogP contribution is -2.44. The zero-order valence-corrected chi connectivity index (χ0v) is 29.4. The first kappa shape index (κ1) is 35.4. The number of rotatable bonds is 14. The summed E-state index contributed by atoms with van der Waals surface area (Å²) in [7, 11) is 5.34. The van der Waals surface area contributed by atoms with Crippen molar-refractivity contribution < 1.29 is 23.7 Å². The van der Waals surface area contributed by atoms with E-state index in [2.05, 4.69) is 32.1 Å². The Morgan fingerprint density at radius 2 is 1.65 bits per heavy atom. The van der Waals surface area contributed by atoms with Crippen molar-refractivity contribution in [2.45, 2.75) is 33.6 Å². The van der Waals surface area contributed by atoms with Gasteiger partial charge in [-0.05, 0) is 69.5 Å². The second kappa shape index (κ2) is 16.9. The number of nitrogens with one attached hydrogen (secondary N) is 1. The van der Waals surface area contributed by atoms with Gasteiger partial charge in [0.05, 0.1) is 20.8 Å². The molecule has 12 heteroatoms. The smallest absolute Gasteiger partial charge is 0.420 e. The van der Waals surface area contributed by atoms with Gasteiger partial charge in [-0.1, -0.05) is 23.8 Å². The van der Waals surface area contributed by atoms with Crippen LogP contribution in [-0.2, 0) is 6.42 Å². The number of likely N-dealkylation sites (N-methyl/N-ethyl adjacent to an activating group) is 1. The van der Waals surface area contributed by atoms with Gasteiger partial charge < -0.3 is 34.1 Å². The number of hydrogen-bond acceptors (Lipinski definition) is 11. The molecule has 0 bridgehead atoms. The van der Waals surface area contributed by atoms with E-state index >= 15 is 0 Å². The largest absolute Gasteiger partial charge is 0.493 e. The minimum atomic E-state index is -0.541. The molecule has 1 amide bonds. The van der Waals surface area contributed by atoms with Gasteiger partial charge in [-0.2, -0.15) is 4.98 Å². The van der Waals surface area contributed by atoms with Crippen LogP contribution < -0.4 is 29.2 Å². The summed E-state index contributed by atoms with van der Waals surface area (Å²) in [6.07, 6.45) is 6.00. The third kappa shape index (κ3) is 9.58. The van der Waals surface area contributed by atoms with Crippen molar-refractivity contribution in [2.24, 2.45) is 0 Å².